The van der Waals surface area contributed by atoms with Crippen LogP contribution in [0.3, 0.4) is 0 Å². The van der Waals surface area contributed by atoms with Crippen molar-refractivity contribution >= 4 is 12.0 Å². The Labute approximate surface area is 203 Å². The molecule has 0 radical (unpaired) electrons. The van der Waals surface area contributed by atoms with Crippen LogP contribution in [0.5, 0.6) is 0 Å². The minimum Gasteiger partial charge on any atom is -0.450 e. The molecule has 2 saturated heterocycles. The summed E-state index contributed by atoms with van der Waals surface area (Å²) in [6.07, 6.45) is 12.0. The molecule has 0 unspecified atom stereocenters. The van der Waals surface area contributed by atoms with Crippen molar-refractivity contribution in [1.29, 1.82) is 0 Å². The van der Waals surface area contributed by atoms with Crippen molar-refractivity contribution in [3.63, 3.8) is 0 Å². The minimum absolute atomic E-state index is 0.149. The first-order valence-electron chi connectivity index (χ1n) is 13.1. The van der Waals surface area contributed by atoms with Crippen molar-refractivity contribution in [3.05, 3.63) is 41.7 Å². The van der Waals surface area contributed by atoms with E-state index in [0.29, 0.717) is 36.9 Å². The van der Waals surface area contributed by atoms with Gasteiger partial charge in [-0.05, 0) is 75.0 Å². The molecule has 7 heteroatoms. The average Bonchev–Trinajstić information content (AvgIpc) is 3.51. The summed E-state index contributed by atoms with van der Waals surface area (Å²) >= 11 is 0. The molecule has 7 nitrogen and oxygen atoms in total. The predicted octanol–water partition coefficient (Wildman–Crippen LogP) is 3.65. The molecular formula is C27H38N4O3. The van der Waals surface area contributed by atoms with Crippen LogP contribution in [-0.4, -0.2) is 83.1 Å². The average molecular weight is 467 g/mol. The lowest BCUT2D eigenvalue weighted by Gasteiger charge is -2.51. The second-order valence-corrected chi connectivity index (χ2v) is 10.5. The molecular weight excluding hydrogens is 428 g/mol. The molecule has 1 aromatic heterocycles. The van der Waals surface area contributed by atoms with E-state index in [4.69, 9.17) is 4.74 Å². The van der Waals surface area contributed by atoms with Crippen molar-refractivity contribution in [1.82, 2.24) is 19.7 Å². The van der Waals surface area contributed by atoms with Crippen LogP contribution in [-0.2, 0) is 16.0 Å². The summed E-state index contributed by atoms with van der Waals surface area (Å²) in [4.78, 5) is 36.0. The standard InChI is InChI=1S/C27H38N4O3/c1-2-34-26(33)30-17-12-27(20-30)18-23(19-27)29-15-10-21(11-16-29)24-7-5-14-31(24)25(32)9-8-22-6-3-4-13-28-22/h3-4,6,10,13,23-24H,2,5,7-9,11-12,14-20H2,1H3/t23?,24-,27?/m0/s1. The van der Waals surface area contributed by atoms with Crippen LogP contribution in [0.25, 0.3) is 0 Å². The number of aryl methyl sites for hydroxylation is 1. The molecule has 1 aromatic rings. The molecule has 34 heavy (non-hydrogen) atoms. The molecule has 1 saturated carbocycles. The van der Waals surface area contributed by atoms with Gasteiger partial charge in [-0.1, -0.05) is 12.1 Å². The van der Waals surface area contributed by atoms with E-state index in [2.05, 4.69) is 20.9 Å². The van der Waals surface area contributed by atoms with E-state index in [0.717, 1.165) is 64.1 Å². The quantitative estimate of drug-likeness (QED) is 0.599. The molecule has 1 aliphatic carbocycles. The Morgan fingerprint density at radius 3 is 2.82 bits per heavy atom. The van der Waals surface area contributed by atoms with Gasteiger partial charge in [-0.3, -0.25) is 14.7 Å². The monoisotopic (exact) mass is 466 g/mol. The summed E-state index contributed by atoms with van der Waals surface area (Å²) in [6, 6.07) is 6.81. The normalized spacial score (nSPS) is 29.3. The Bertz CT molecular complexity index is 912. The van der Waals surface area contributed by atoms with E-state index in [-0.39, 0.29) is 12.0 Å². The summed E-state index contributed by atoms with van der Waals surface area (Å²) in [5.41, 5.74) is 2.76. The highest BCUT2D eigenvalue weighted by molar-refractivity contribution is 5.77. The smallest absolute Gasteiger partial charge is 0.409 e. The van der Waals surface area contributed by atoms with Gasteiger partial charge in [-0.25, -0.2) is 4.79 Å². The zero-order valence-corrected chi connectivity index (χ0v) is 20.5. The van der Waals surface area contributed by atoms with E-state index in [9.17, 15) is 9.59 Å². The van der Waals surface area contributed by atoms with Crippen molar-refractivity contribution in [2.24, 2.45) is 5.41 Å². The highest BCUT2D eigenvalue weighted by atomic mass is 16.6. The molecule has 1 atom stereocenters. The van der Waals surface area contributed by atoms with Gasteiger partial charge in [0.15, 0.2) is 0 Å². The fourth-order valence-corrected chi connectivity index (χ4v) is 6.55. The molecule has 184 valence electrons. The second-order valence-electron chi connectivity index (χ2n) is 10.5. The Hall–Kier alpha value is -2.41. The lowest BCUT2D eigenvalue weighted by Crippen LogP contribution is -2.53. The predicted molar refractivity (Wildman–Crippen MR) is 130 cm³/mol. The molecule has 0 N–H and O–H groups in total. The van der Waals surface area contributed by atoms with Gasteiger partial charge in [0.2, 0.25) is 5.91 Å². The van der Waals surface area contributed by atoms with Crippen LogP contribution in [0.1, 0.15) is 57.6 Å². The molecule has 4 aliphatic rings. The number of pyridine rings is 1. The van der Waals surface area contributed by atoms with Gasteiger partial charge in [0.1, 0.15) is 0 Å². The van der Waals surface area contributed by atoms with Gasteiger partial charge >= 0.3 is 6.09 Å². The number of aromatic nitrogens is 1. The van der Waals surface area contributed by atoms with Crippen molar-refractivity contribution in [2.45, 2.75) is 70.4 Å². The number of amides is 2. The lowest BCUT2D eigenvalue weighted by molar-refractivity contribution is -0.131. The highest BCUT2D eigenvalue weighted by Crippen LogP contribution is 2.50. The summed E-state index contributed by atoms with van der Waals surface area (Å²) in [6.45, 7) is 6.96. The van der Waals surface area contributed by atoms with Crippen LogP contribution < -0.4 is 0 Å². The van der Waals surface area contributed by atoms with E-state index in [1.54, 1.807) is 6.20 Å². The number of carbonyl (C=O) groups is 2. The third kappa shape index (κ3) is 4.85. The maximum absolute atomic E-state index is 13.0. The molecule has 0 aromatic carbocycles. The van der Waals surface area contributed by atoms with Crippen LogP contribution in [0, 0.1) is 5.41 Å². The fourth-order valence-electron chi connectivity index (χ4n) is 6.55. The van der Waals surface area contributed by atoms with Crippen LogP contribution in [0.4, 0.5) is 4.79 Å². The van der Waals surface area contributed by atoms with Gasteiger partial charge < -0.3 is 14.5 Å². The largest absolute Gasteiger partial charge is 0.450 e. The van der Waals surface area contributed by atoms with Gasteiger partial charge in [-0.2, -0.15) is 0 Å². The lowest BCUT2D eigenvalue weighted by atomic mass is 9.64. The summed E-state index contributed by atoms with van der Waals surface area (Å²) in [7, 11) is 0. The third-order valence-corrected chi connectivity index (χ3v) is 8.42. The molecule has 1 spiro atoms. The van der Waals surface area contributed by atoms with E-state index >= 15 is 0 Å². The van der Waals surface area contributed by atoms with Crippen molar-refractivity contribution in [2.75, 3.05) is 39.3 Å². The molecule has 3 aliphatic heterocycles. The van der Waals surface area contributed by atoms with Crippen LogP contribution in [0.2, 0.25) is 0 Å². The molecule has 4 heterocycles. The number of nitrogens with zero attached hydrogens (tertiary/aromatic N) is 4. The first-order valence-corrected chi connectivity index (χ1v) is 13.1. The fraction of sp³-hybridized carbons (Fsp3) is 0.667. The molecule has 5 rings (SSSR count). The minimum atomic E-state index is -0.149. The van der Waals surface area contributed by atoms with Gasteiger partial charge in [-0.15, -0.1) is 0 Å². The van der Waals surface area contributed by atoms with Gasteiger partial charge in [0, 0.05) is 57.1 Å². The number of hydrogen-bond donors (Lipinski definition) is 0. The van der Waals surface area contributed by atoms with Gasteiger partial charge in [0.05, 0.1) is 12.6 Å². The number of ether oxygens (including phenoxy) is 1. The number of carbonyl (C=O) groups excluding carboxylic acids is 2. The third-order valence-electron chi connectivity index (χ3n) is 8.42. The van der Waals surface area contributed by atoms with E-state index in [1.807, 2.05) is 30.0 Å². The first kappa shape index (κ1) is 23.3. The summed E-state index contributed by atoms with van der Waals surface area (Å²) in [5.74, 6) is 0.268. The summed E-state index contributed by atoms with van der Waals surface area (Å²) < 4.78 is 5.19. The first-order chi connectivity index (χ1) is 16.6. The summed E-state index contributed by atoms with van der Waals surface area (Å²) in [5, 5.41) is 0. The zero-order chi connectivity index (χ0) is 23.5. The van der Waals surface area contributed by atoms with Crippen LogP contribution >= 0.6 is 0 Å². The maximum atomic E-state index is 13.0. The molecule has 2 amide bonds. The molecule has 0 bridgehead atoms. The second kappa shape index (κ2) is 10.1. The van der Waals surface area contributed by atoms with Crippen LogP contribution in [0.15, 0.2) is 36.0 Å². The SMILES string of the molecule is CCOC(=O)N1CCC2(CC(N3CC=C([C@@H]4CCCN4C(=O)CCc4ccccn4)CC3)C2)C1. The Kier molecular flexibility index (Phi) is 6.91. The van der Waals surface area contributed by atoms with E-state index < -0.39 is 0 Å². The Morgan fingerprint density at radius 2 is 2.09 bits per heavy atom. The van der Waals surface area contributed by atoms with Crippen molar-refractivity contribution < 1.29 is 14.3 Å². The molecule has 3 fully saturated rings. The van der Waals surface area contributed by atoms with Gasteiger partial charge in [0.25, 0.3) is 0 Å². The highest BCUT2D eigenvalue weighted by Gasteiger charge is 2.51. The Morgan fingerprint density at radius 1 is 1.21 bits per heavy atom. The number of hydrogen-bond acceptors (Lipinski definition) is 5. The number of likely N-dealkylation sites (tertiary alicyclic amines) is 2. The van der Waals surface area contributed by atoms with Crippen molar-refractivity contribution in [3.8, 4) is 0 Å². The number of rotatable bonds is 6. The van der Waals surface area contributed by atoms with E-state index in [1.165, 1.54) is 18.4 Å². The zero-order valence-electron chi connectivity index (χ0n) is 20.5. The topological polar surface area (TPSA) is 66.0 Å². The Balaban J connectivity index is 1.10. The maximum Gasteiger partial charge on any atom is 0.409 e.